The molecular weight excluding hydrogens is 471 g/mol. The van der Waals surface area contributed by atoms with Crippen molar-refractivity contribution in [1.29, 1.82) is 0 Å². The maximum atomic E-state index is 14.7. The van der Waals surface area contributed by atoms with Crippen LogP contribution in [0, 0.1) is 15.9 Å². The van der Waals surface area contributed by atoms with Crippen molar-refractivity contribution in [2.24, 2.45) is 0 Å². The largest absolute Gasteiger partial charge is 0.378 e. The highest BCUT2D eigenvalue weighted by atomic mass is 79.9. The summed E-state index contributed by atoms with van der Waals surface area (Å²) in [6, 6.07) is 9.79. The van der Waals surface area contributed by atoms with E-state index < -0.39 is 10.7 Å². The summed E-state index contributed by atoms with van der Waals surface area (Å²) in [7, 11) is 0. The Morgan fingerprint density at radius 1 is 1.00 bits per heavy atom. The number of nitro benzene ring substituents is 1. The Labute approximate surface area is 187 Å². The van der Waals surface area contributed by atoms with Gasteiger partial charge >= 0.3 is 0 Å². The fourth-order valence-corrected chi connectivity index (χ4v) is 4.40. The van der Waals surface area contributed by atoms with Gasteiger partial charge in [-0.15, -0.1) is 0 Å². The second kappa shape index (κ2) is 9.19. The molecule has 2 aliphatic heterocycles. The van der Waals surface area contributed by atoms with E-state index in [1.807, 2.05) is 28.0 Å². The monoisotopic (exact) mass is 492 g/mol. The van der Waals surface area contributed by atoms with Gasteiger partial charge < -0.3 is 19.4 Å². The molecule has 10 heteroatoms. The van der Waals surface area contributed by atoms with Gasteiger partial charge in [0, 0.05) is 43.7 Å². The standard InChI is InChI=1S/C21H22BrFN4O4/c22-16-4-2-1-3-15(16)21(28)26-7-5-24(6-8-26)19-14-18(25-9-11-31-12-10-25)17(23)13-20(19)27(29)30/h1-4,13-14H,5-12H2. The molecule has 0 N–H and O–H groups in total. The zero-order valence-electron chi connectivity index (χ0n) is 16.8. The predicted molar refractivity (Wildman–Crippen MR) is 118 cm³/mol. The number of piperazine rings is 1. The van der Waals surface area contributed by atoms with E-state index in [9.17, 15) is 19.3 Å². The number of morpholine rings is 1. The van der Waals surface area contributed by atoms with E-state index in [2.05, 4.69) is 15.9 Å². The summed E-state index contributed by atoms with van der Waals surface area (Å²) in [5.41, 5.74) is 1.04. The number of nitrogens with zero attached hydrogens (tertiary/aromatic N) is 4. The Hall–Kier alpha value is -2.72. The molecule has 0 saturated carbocycles. The second-order valence-corrected chi connectivity index (χ2v) is 8.26. The Balaban J connectivity index is 1.55. The molecule has 2 aromatic rings. The molecule has 31 heavy (non-hydrogen) atoms. The fourth-order valence-electron chi connectivity index (χ4n) is 3.94. The van der Waals surface area contributed by atoms with Gasteiger partial charge in [0.25, 0.3) is 11.6 Å². The number of anilines is 2. The van der Waals surface area contributed by atoms with Gasteiger partial charge in [-0.1, -0.05) is 12.1 Å². The van der Waals surface area contributed by atoms with Gasteiger partial charge in [-0.3, -0.25) is 14.9 Å². The minimum absolute atomic E-state index is 0.0882. The van der Waals surface area contributed by atoms with Gasteiger partial charge in [0.1, 0.15) is 5.69 Å². The molecule has 0 atom stereocenters. The summed E-state index contributed by atoms with van der Waals surface area (Å²) >= 11 is 3.41. The lowest BCUT2D eigenvalue weighted by Gasteiger charge is -2.36. The number of carbonyl (C=O) groups is 1. The normalized spacial score (nSPS) is 17.0. The quantitative estimate of drug-likeness (QED) is 0.481. The van der Waals surface area contributed by atoms with Crippen molar-refractivity contribution in [1.82, 2.24) is 4.90 Å². The number of ether oxygens (including phenoxy) is 1. The number of rotatable bonds is 4. The van der Waals surface area contributed by atoms with Gasteiger partial charge in [-0.05, 0) is 34.1 Å². The number of halogens is 2. The highest BCUT2D eigenvalue weighted by Gasteiger charge is 2.29. The first-order valence-corrected chi connectivity index (χ1v) is 10.8. The first kappa shape index (κ1) is 21.5. The third kappa shape index (κ3) is 4.49. The average Bonchev–Trinajstić information content (AvgIpc) is 2.79. The molecule has 2 fully saturated rings. The summed E-state index contributed by atoms with van der Waals surface area (Å²) in [5, 5.41) is 11.6. The van der Waals surface area contributed by atoms with Crippen molar-refractivity contribution in [3.63, 3.8) is 0 Å². The lowest BCUT2D eigenvalue weighted by atomic mass is 10.1. The molecule has 8 nitrogen and oxygen atoms in total. The minimum Gasteiger partial charge on any atom is -0.378 e. The molecule has 0 bridgehead atoms. The van der Waals surface area contributed by atoms with E-state index in [0.717, 1.165) is 10.5 Å². The van der Waals surface area contributed by atoms with E-state index in [0.29, 0.717) is 69.4 Å². The maximum absolute atomic E-state index is 14.7. The van der Waals surface area contributed by atoms with E-state index >= 15 is 0 Å². The van der Waals surface area contributed by atoms with Crippen LogP contribution < -0.4 is 9.80 Å². The van der Waals surface area contributed by atoms with Crippen LogP contribution in [-0.2, 0) is 4.74 Å². The van der Waals surface area contributed by atoms with Gasteiger partial charge in [0.05, 0.1) is 35.5 Å². The summed E-state index contributed by atoms with van der Waals surface area (Å²) < 4.78 is 20.7. The van der Waals surface area contributed by atoms with Crippen molar-refractivity contribution in [3.05, 3.63) is 62.4 Å². The number of hydrogen-bond donors (Lipinski definition) is 0. The van der Waals surface area contributed by atoms with Gasteiger partial charge in [0.2, 0.25) is 0 Å². The number of nitro groups is 1. The summed E-state index contributed by atoms with van der Waals surface area (Å²) in [6.45, 7) is 3.72. The van der Waals surface area contributed by atoms with Crippen LogP contribution in [0.2, 0.25) is 0 Å². The maximum Gasteiger partial charge on any atom is 0.295 e. The van der Waals surface area contributed by atoms with Crippen LogP contribution in [0.5, 0.6) is 0 Å². The van der Waals surface area contributed by atoms with Crippen molar-refractivity contribution in [2.75, 3.05) is 62.3 Å². The summed E-state index contributed by atoms with van der Waals surface area (Å²) in [5.74, 6) is -0.699. The Morgan fingerprint density at radius 2 is 1.65 bits per heavy atom. The zero-order valence-corrected chi connectivity index (χ0v) is 18.4. The molecule has 2 heterocycles. The molecule has 2 aliphatic rings. The minimum atomic E-state index is -0.611. The molecule has 2 saturated heterocycles. The Morgan fingerprint density at radius 3 is 2.29 bits per heavy atom. The number of amides is 1. The molecule has 0 aromatic heterocycles. The van der Waals surface area contributed by atoms with Crippen LogP contribution in [0.1, 0.15) is 10.4 Å². The average molecular weight is 493 g/mol. The molecule has 164 valence electrons. The van der Waals surface area contributed by atoms with Crippen LogP contribution >= 0.6 is 15.9 Å². The lowest BCUT2D eigenvalue weighted by molar-refractivity contribution is -0.384. The highest BCUT2D eigenvalue weighted by Crippen LogP contribution is 2.36. The molecule has 4 rings (SSSR count). The van der Waals surface area contributed by atoms with E-state index in [4.69, 9.17) is 4.74 Å². The Kier molecular flexibility index (Phi) is 6.38. The predicted octanol–water partition coefficient (Wildman–Crippen LogP) is 3.30. The first-order chi connectivity index (χ1) is 15.0. The number of benzene rings is 2. The summed E-state index contributed by atoms with van der Waals surface area (Å²) in [4.78, 5) is 29.3. The van der Waals surface area contributed by atoms with E-state index in [1.165, 1.54) is 0 Å². The fraction of sp³-hybridized carbons (Fsp3) is 0.381. The van der Waals surface area contributed by atoms with Crippen LogP contribution in [0.25, 0.3) is 0 Å². The third-order valence-electron chi connectivity index (χ3n) is 5.60. The molecule has 0 aliphatic carbocycles. The molecule has 1 amide bonds. The van der Waals surface area contributed by atoms with Crippen molar-refractivity contribution < 1.29 is 18.8 Å². The van der Waals surface area contributed by atoms with Gasteiger partial charge in [-0.25, -0.2) is 4.39 Å². The SMILES string of the molecule is O=C(c1ccccc1Br)N1CCN(c2cc(N3CCOCC3)c(F)cc2[N+](=O)[O-])CC1. The molecule has 0 unspecified atom stereocenters. The molecular formula is C21H22BrFN4O4. The molecule has 0 radical (unpaired) electrons. The molecule has 2 aromatic carbocycles. The van der Waals surface area contributed by atoms with E-state index in [-0.39, 0.29) is 11.6 Å². The smallest absolute Gasteiger partial charge is 0.295 e. The first-order valence-electron chi connectivity index (χ1n) is 10.0. The van der Waals surface area contributed by atoms with Crippen LogP contribution in [-0.4, -0.2) is 68.2 Å². The van der Waals surface area contributed by atoms with Crippen LogP contribution in [0.3, 0.4) is 0 Å². The third-order valence-corrected chi connectivity index (χ3v) is 6.30. The Bertz CT molecular complexity index is 991. The van der Waals surface area contributed by atoms with Crippen molar-refractivity contribution in [3.8, 4) is 0 Å². The van der Waals surface area contributed by atoms with Gasteiger partial charge in [-0.2, -0.15) is 0 Å². The zero-order chi connectivity index (χ0) is 22.0. The van der Waals surface area contributed by atoms with Gasteiger partial charge in [0.15, 0.2) is 5.82 Å². The molecule has 0 spiro atoms. The number of hydrogen-bond acceptors (Lipinski definition) is 6. The van der Waals surface area contributed by atoms with E-state index in [1.54, 1.807) is 17.0 Å². The summed E-state index contributed by atoms with van der Waals surface area (Å²) in [6.07, 6.45) is 0. The van der Waals surface area contributed by atoms with Crippen molar-refractivity contribution >= 4 is 38.9 Å². The second-order valence-electron chi connectivity index (χ2n) is 7.41. The lowest BCUT2D eigenvalue weighted by Crippen LogP contribution is -2.49. The van der Waals surface area contributed by atoms with Crippen LogP contribution in [0.15, 0.2) is 40.9 Å². The van der Waals surface area contributed by atoms with Crippen molar-refractivity contribution in [2.45, 2.75) is 0 Å². The topological polar surface area (TPSA) is 79.2 Å². The van der Waals surface area contributed by atoms with Crippen LogP contribution in [0.4, 0.5) is 21.5 Å². The highest BCUT2D eigenvalue weighted by molar-refractivity contribution is 9.10. The number of carbonyl (C=O) groups excluding carboxylic acids is 1.